The zero-order chi connectivity index (χ0) is 17.3. The predicted molar refractivity (Wildman–Crippen MR) is 101 cm³/mol. The van der Waals surface area contributed by atoms with E-state index in [9.17, 15) is 10.0 Å². The van der Waals surface area contributed by atoms with E-state index in [-0.39, 0.29) is 5.41 Å². The van der Waals surface area contributed by atoms with Crippen LogP contribution in [0.25, 0.3) is 27.5 Å². The van der Waals surface area contributed by atoms with E-state index in [0.717, 1.165) is 22.0 Å². The highest BCUT2D eigenvalue weighted by atomic mass is 16.4. The third kappa shape index (κ3) is 1.77. The van der Waals surface area contributed by atoms with Gasteiger partial charge in [0.25, 0.3) is 0 Å². The van der Waals surface area contributed by atoms with Crippen LogP contribution in [0.5, 0.6) is 0 Å². The topological polar surface area (TPSA) is 58.3 Å². The summed E-state index contributed by atoms with van der Waals surface area (Å²) in [5.74, 6) is 0. The maximum Gasteiger partial charge on any atom is 0.488 e. The van der Waals surface area contributed by atoms with E-state index in [0.29, 0.717) is 5.46 Å². The van der Waals surface area contributed by atoms with Gasteiger partial charge in [0.15, 0.2) is 0 Å². The fraction of sp³-hybridized carbons (Fsp3) is 0.150. The maximum absolute atomic E-state index is 9.57. The van der Waals surface area contributed by atoms with Gasteiger partial charge in [-0.3, -0.25) is 4.98 Å². The van der Waals surface area contributed by atoms with Crippen LogP contribution in [0.4, 0.5) is 0 Å². The number of fused-ring (bicyclic) bond motifs is 5. The van der Waals surface area contributed by atoms with E-state index in [1.807, 2.05) is 24.5 Å². The van der Waals surface area contributed by atoms with Crippen molar-refractivity contribution in [3.05, 3.63) is 66.0 Å². The molecule has 0 unspecified atom stereocenters. The summed E-state index contributed by atoms with van der Waals surface area (Å²) < 4.78 is 2.27. The first-order valence-corrected chi connectivity index (χ1v) is 8.39. The van der Waals surface area contributed by atoms with Crippen LogP contribution in [0.2, 0.25) is 0 Å². The van der Waals surface area contributed by atoms with E-state index in [2.05, 4.69) is 47.7 Å². The molecule has 0 aliphatic carbocycles. The molecule has 0 atom stereocenters. The Balaban J connectivity index is 2.04. The zero-order valence-corrected chi connectivity index (χ0v) is 14.1. The first-order chi connectivity index (χ1) is 12.0. The van der Waals surface area contributed by atoms with Crippen LogP contribution < -0.4 is 5.46 Å². The van der Waals surface area contributed by atoms with Gasteiger partial charge < -0.3 is 14.6 Å². The number of pyridine rings is 1. The smallest absolute Gasteiger partial charge is 0.423 e. The highest BCUT2D eigenvalue weighted by molar-refractivity contribution is 6.59. The summed E-state index contributed by atoms with van der Waals surface area (Å²) in [7, 11) is -1.47. The van der Waals surface area contributed by atoms with Gasteiger partial charge in [0, 0.05) is 34.1 Å². The molecule has 0 bridgehead atoms. The molecule has 4 aromatic rings. The van der Waals surface area contributed by atoms with Gasteiger partial charge in [-0.1, -0.05) is 44.2 Å². The number of hydrogen-bond donors (Lipinski definition) is 2. The molecule has 2 aromatic heterocycles. The summed E-state index contributed by atoms with van der Waals surface area (Å²) >= 11 is 0. The SMILES string of the molecule is CC1(C)c2cnccc2-n2c3ccc(B(O)O)cc3c3cccc1c32. The molecule has 2 aromatic carbocycles. The van der Waals surface area contributed by atoms with Crippen LogP contribution >= 0.6 is 0 Å². The number of rotatable bonds is 1. The van der Waals surface area contributed by atoms with E-state index < -0.39 is 7.12 Å². The molecule has 0 fully saturated rings. The number of para-hydroxylation sites is 1. The van der Waals surface area contributed by atoms with Gasteiger partial charge in [0.1, 0.15) is 0 Å². The molecule has 0 spiro atoms. The number of benzene rings is 2. The highest BCUT2D eigenvalue weighted by Crippen LogP contribution is 2.46. The Morgan fingerprint density at radius 1 is 1.00 bits per heavy atom. The second kappa shape index (κ2) is 4.72. The molecule has 5 rings (SSSR count). The van der Waals surface area contributed by atoms with Crippen LogP contribution in [-0.2, 0) is 5.41 Å². The van der Waals surface area contributed by atoms with Gasteiger partial charge in [-0.2, -0.15) is 0 Å². The monoisotopic (exact) mass is 328 g/mol. The standard InChI is InChI=1S/C20H17BN2O2/c1-20(2)15-5-3-4-13-14-10-12(21(24)25)6-7-17(14)23(19(13)15)18-8-9-22-11-16(18)20/h3-11,24-25H,1-2H3. The first kappa shape index (κ1) is 14.7. The molecule has 4 nitrogen and oxygen atoms in total. The largest absolute Gasteiger partial charge is 0.488 e. The minimum atomic E-state index is -1.47. The quantitative estimate of drug-likeness (QED) is 0.528. The summed E-state index contributed by atoms with van der Waals surface area (Å²) in [5.41, 5.74) is 6.20. The van der Waals surface area contributed by atoms with Crippen molar-refractivity contribution in [2.75, 3.05) is 0 Å². The number of nitrogens with zero attached hydrogens (tertiary/aromatic N) is 2. The van der Waals surface area contributed by atoms with E-state index in [1.165, 1.54) is 16.6 Å². The molecule has 25 heavy (non-hydrogen) atoms. The molecule has 0 saturated carbocycles. The fourth-order valence-electron chi connectivity index (χ4n) is 4.21. The van der Waals surface area contributed by atoms with Crippen LogP contribution in [0.15, 0.2) is 54.9 Å². The lowest BCUT2D eigenvalue weighted by molar-refractivity contribution is 0.426. The Bertz CT molecular complexity index is 1160. The normalized spacial score (nSPS) is 14.7. The van der Waals surface area contributed by atoms with Crippen molar-refractivity contribution < 1.29 is 10.0 Å². The van der Waals surface area contributed by atoms with Gasteiger partial charge in [-0.05, 0) is 23.2 Å². The Kier molecular flexibility index (Phi) is 2.77. The summed E-state index contributed by atoms with van der Waals surface area (Å²) in [6.45, 7) is 4.46. The molecule has 0 saturated heterocycles. The summed E-state index contributed by atoms with van der Waals surface area (Å²) in [5, 5.41) is 21.3. The lowest BCUT2D eigenvalue weighted by Crippen LogP contribution is -2.29. The predicted octanol–water partition coefficient (Wildman–Crippen LogP) is 2.50. The molecular weight excluding hydrogens is 311 g/mol. The second-order valence-corrected chi connectivity index (χ2v) is 7.21. The van der Waals surface area contributed by atoms with Crippen molar-refractivity contribution >= 4 is 34.4 Å². The minimum absolute atomic E-state index is 0.146. The van der Waals surface area contributed by atoms with E-state index >= 15 is 0 Å². The Morgan fingerprint density at radius 2 is 1.84 bits per heavy atom. The molecule has 2 N–H and O–H groups in total. The average molecular weight is 328 g/mol. The Labute approximate surface area is 145 Å². The molecule has 1 aliphatic rings. The van der Waals surface area contributed by atoms with Crippen molar-refractivity contribution in [1.82, 2.24) is 9.55 Å². The Morgan fingerprint density at radius 3 is 2.64 bits per heavy atom. The second-order valence-electron chi connectivity index (χ2n) is 7.21. The molecule has 0 radical (unpaired) electrons. The van der Waals surface area contributed by atoms with Gasteiger partial charge in [0.2, 0.25) is 0 Å². The van der Waals surface area contributed by atoms with Gasteiger partial charge in [0.05, 0.1) is 16.7 Å². The molecule has 5 heteroatoms. The van der Waals surface area contributed by atoms with Crippen molar-refractivity contribution in [1.29, 1.82) is 0 Å². The lowest BCUT2D eigenvalue weighted by Gasteiger charge is -2.34. The number of hydrogen-bond acceptors (Lipinski definition) is 3. The maximum atomic E-state index is 9.57. The van der Waals surface area contributed by atoms with E-state index in [4.69, 9.17) is 0 Å². The van der Waals surface area contributed by atoms with Crippen LogP contribution in [-0.4, -0.2) is 26.7 Å². The molecule has 0 amide bonds. The summed E-state index contributed by atoms with van der Waals surface area (Å²) in [6.07, 6.45) is 3.78. The zero-order valence-electron chi connectivity index (χ0n) is 14.1. The van der Waals surface area contributed by atoms with Crippen molar-refractivity contribution in [2.45, 2.75) is 19.3 Å². The average Bonchev–Trinajstić information content (AvgIpc) is 2.94. The van der Waals surface area contributed by atoms with Gasteiger partial charge >= 0.3 is 7.12 Å². The van der Waals surface area contributed by atoms with Gasteiger partial charge in [-0.25, -0.2) is 0 Å². The third-order valence-corrected chi connectivity index (χ3v) is 5.50. The molecular formula is C20H17BN2O2. The Hall–Kier alpha value is -2.63. The fourth-order valence-corrected chi connectivity index (χ4v) is 4.21. The van der Waals surface area contributed by atoms with Crippen LogP contribution in [0.1, 0.15) is 25.0 Å². The van der Waals surface area contributed by atoms with Crippen molar-refractivity contribution in [3.8, 4) is 5.69 Å². The van der Waals surface area contributed by atoms with Crippen LogP contribution in [0.3, 0.4) is 0 Å². The highest BCUT2D eigenvalue weighted by Gasteiger charge is 2.35. The molecule has 1 aliphatic heterocycles. The van der Waals surface area contributed by atoms with Crippen molar-refractivity contribution in [2.24, 2.45) is 0 Å². The first-order valence-electron chi connectivity index (χ1n) is 8.39. The molecule has 3 heterocycles. The number of aromatic nitrogens is 2. The van der Waals surface area contributed by atoms with Gasteiger partial charge in [-0.15, -0.1) is 0 Å². The van der Waals surface area contributed by atoms with E-state index in [1.54, 1.807) is 6.07 Å². The van der Waals surface area contributed by atoms with Crippen LogP contribution in [0, 0.1) is 0 Å². The molecule has 122 valence electrons. The minimum Gasteiger partial charge on any atom is -0.423 e. The summed E-state index contributed by atoms with van der Waals surface area (Å²) in [4.78, 5) is 4.35. The summed E-state index contributed by atoms with van der Waals surface area (Å²) in [6, 6.07) is 14.0. The lowest BCUT2D eigenvalue weighted by atomic mass is 9.75. The third-order valence-electron chi connectivity index (χ3n) is 5.50. The van der Waals surface area contributed by atoms with Crippen molar-refractivity contribution in [3.63, 3.8) is 0 Å².